The summed E-state index contributed by atoms with van der Waals surface area (Å²) in [7, 11) is 0. The van der Waals surface area contributed by atoms with Crippen LogP contribution >= 0.6 is 0 Å². The number of benzene rings is 1. The lowest BCUT2D eigenvalue weighted by atomic mass is 10.1. The van der Waals surface area contributed by atoms with Crippen LogP contribution in [0.1, 0.15) is 31.8 Å². The zero-order valence-electron chi connectivity index (χ0n) is 15.2. The third kappa shape index (κ3) is 4.42. The average molecular weight is 415 g/mol. The fourth-order valence-electron chi connectivity index (χ4n) is 3.01. The highest BCUT2D eigenvalue weighted by Crippen LogP contribution is 2.28. The molecule has 11 heteroatoms. The number of halogens is 2. The summed E-state index contributed by atoms with van der Waals surface area (Å²) in [5, 5.41) is 12.7. The number of aromatic nitrogens is 2. The molecule has 1 aliphatic rings. The molecule has 2 atom stereocenters. The maximum absolute atomic E-state index is 14.0. The number of carbonyl (C=O) groups is 1. The summed E-state index contributed by atoms with van der Waals surface area (Å²) in [6.45, 7) is 2.46. The molecular weight excluding hydrogens is 396 g/mol. The van der Waals surface area contributed by atoms with Crippen LogP contribution in [0.25, 0.3) is 11.4 Å². The normalized spacial score (nSPS) is 17.5. The first kappa shape index (κ1) is 20.5. The number of piperidine rings is 1. The molecule has 1 aromatic heterocycles. The fraction of sp³-hybridized carbons (Fsp3) is 0.471. The summed E-state index contributed by atoms with van der Waals surface area (Å²) in [5.74, 6) is -1.77. The van der Waals surface area contributed by atoms with Gasteiger partial charge in [0.1, 0.15) is 12.4 Å². The van der Waals surface area contributed by atoms with E-state index in [1.54, 1.807) is 6.92 Å². The molecule has 8 nitrogen and oxygen atoms in total. The highest BCUT2D eigenvalue weighted by Gasteiger charge is 2.27. The van der Waals surface area contributed by atoms with Gasteiger partial charge in [0.15, 0.2) is 11.6 Å². The van der Waals surface area contributed by atoms with Crippen LogP contribution < -0.4 is 0 Å². The predicted octanol–water partition coefficient (Wildman–Crippen LogP) is 2.97. The van der Waals surface area contributed by atoms with E-state index < -0.39 is 39.9 Å². The average Bonchev–Trinajstić information content (AvgIpc) is 3.11. The fourth-order valence-corrected chi connectivity index (χ4v) is 3.68. The van der Waals surface area contributed by atoms with Crippen LogP contribution in [-0.4, -0.2) is 56.2 Å². The SMILES string of the molecule is CC(OC1CCN(C(=O)O)CC1)c1nc(-c2cc(F)c([S+](C)[O-])c(F)c2)no1. The number of rotatable bonds is 5. The topological polar surface area (TPSA) is 112 Å². The summed E-state index contributed by atoms with van der Waals surface area (Å²) < 4.78 is 50.4. The van der Waals surface area contributed by atoms with Crippen molar-refractivity contribution < 1.29 is 32.5 Å². The van der Waals surface area contributed by atoms with E-state index in [0.29, 0.717) is 25.9 Å². The first-order valence-electron chi connectivity index (χ1n) is 8.56. The number of nitrogens with zero attached hydrogens (tertiary/aromatic N) is 3. The van der Waals surface area contributed by atoms with E-state index >= 15 is 0 Å². The maximum atomic E-state index is 14.0. The Labute approximate surface area is 162 Å². The van der Waals surface area contributed by atoms with Crippen molar-refractivity contribution in [3.8, 4) is 11.4 Å². The molecule has 1 aromatic carbocycles. The molecule has 2 heterocycles. The first-order chi connectivity index (χ1) is 13.3. The lowest BCUT2D eigenvalue weighted by Crippen LogP contribution is -2.40. The molecule has 2 unspecified atom stereocenters. The van der Waals surface area contributed by atoms with E-state index in [-0.39, 0.29) is 23.4 Å². The molecule has 0 saturated carbocycles. The van der Waals surface area contributed by atoms with Crippen molar-refractivity contribution in [1.82, 2.24) is 15.0 Å². The molecule has 1 fully saturated rings. The minimum Gasteiger partial charge on any atom is -0.611 e. The molecule has 28 heavy (non-hydrogen) atoms. The second-order valence-electron chi connectivity index (χ2n) is 6.43. The van der Waals surface area contributed by atoms with E-state index in [1.165, 1.54) is 11.2 Å². The molecule has 1 aliphatic heterocycles. The molecule has 152 valence electrons. The maximum Gasteiger partial charge on any atom is 0.407 e. The summed E-state index contributed by atoms with van der Waals surface area (Å²) in [5.41, 5.74) is 0.0566. The number of carboxylic acid groups (broad SMARTS) is 1. The van der Waals surface area contributed by atoms with Crippen molar-refractivity contribution in [3.05, 3.63) is 29.7 Å². The van der Waals surface area contributed by atoms with Gasteiger partial charge in [-0.15, -0.1) is 0 Å². The van der Waals surface area contributed by atoms with Gasteiger partial charge in [-0.25, -0.2) is 13.6 Å². The van der Waals surface area contributed by atoms with E-state index in [0.717, 1.165) is 12.1 Å². The number of hydrogen-bond acceptors (Lipinski definition) is 6. The minimum absolute atomic E-state index is 0.0163. The molecule has 0 radical (unpaired) electrons. The quantitative estimate of drug-likeness (QED) is 0.747. The third-order valence-corrected chi connectivity index (χ3v) is 5.41. The Morgan fingerprint density at radius 1 is 1.39 bits per heavy atom. The van der Waals surface area contributed by atoms with Gasteiger partial charge in [0, 0.05) is 18.7 Å². The van der Waals surface area contributed by atoms with Crippen LogP contribution in [0.5, 0.6) is 0 Å². The molecule has 3 rings (SSSR count). The molecule has 2 aromatic rings. The summed E-state index contributed by atoms with van der Waals surface area (Å²) in [4.78, 5) is 15.9. The van der Waals surface area contributed by atoms with Crippen molar-refractivity contribution in [2.24, 2.45) is 0 Å². The standard InChI is InChI=1S/C17H19F2N3O5S/c1-9(26-11-3-5-22(6-4-11)17(23)24)16-20-15(21-27-16)10-7-12(18)14(28(2)25)13(19)8-10/h7-9,11H,3-6H2,1-2H3,(H,23,24). The van der Waals surface area contributed by atoms with Gasteiger partial charge < -0.3 is 23.8 Å². The van der Waals surface area contributed by atoms with Crippen LogP contribution in [0.4, 0.5) is 13.6 Å². The lowest BCUT2D eigenvalue weighted by molar-refractivity contribution is -0.0451. The Hall–Kier alpha value is -2.24. The van der Waals surface area contributed by atoms with Crippen LogP contribution in [0, 0.1) is 11.6 Å². The monoisotopic (exact) mass is 415 g/mol. The molecular formula is C17H19F2N3O5S. The highest BCUT2D eigenvalue weighted by molar-refractivity contribution is 7.90. The minimum atomic E-state index is -1.80. The number of ether oxygens (including phenoxy) is 1. The lowest BCUT2D eigenvalue weighted by Gasteiger charge is -2.30. The zero-order chi connectivity index (χ0) is 20.4. The molecule has 0 bridgehead atoms. The second kappa shape index (κ2) is 8.41. The van der Waals surface area contributed by atoms with Gasteiger partial charge in [0.05, 0.1) is 6.10 Å². The van der Waals surface area contributed by atoms with Gasteiger partial charge in [-0.05, 0) is 43.1 Å². The largest absolute Gasteiger partial charge is 0.611 e. The van der Waals surface area contributed by atoms with Gasteiger partial charge in [-0.1, -0.05) is 5.16 Å². The van der Waals surface area contributed by atoms with Gasteiger partial charge in [-0.2, -0.15) is 4.98 Å². The summed E-state index contributed by atoms with van der Waals surface area (Å²) in [6.07, 6.45) is 0.598. The predicted molar refractivity (Wildman–Crippen MR) is 94.1 cm³/mol. The number of hydrogen-bond donors (Lipinski definition) is 1. The summed E-state index contributed by atoms with van der Waals surface area (Å²) >= 11 is -1.80. The van der Waals surface area contributed by atoms with Crippen molar-refractivity contribution in [2.45, 2.75) is 36.9 Å². The molecule has 1 N–H and O–H groups in total. The van der Waals surface area contributed by atoms with Gasteiger partial charge in [0.25, 0.3) is 5.89 Å². The molecule has 1 saturated heterocycles. The molecule has 0 spiro atoms. The Morgan fingerprint density at radius 3 is 2.54 bits per heavy atom. The van der Waals surface area contributed by atoms with Crippen molar-refractivity contribution in [1.29, 1.82) is 0 Å². The number of likely N-dealkylation sites (tertiary alicyclic amines) is 1. The van der Waals surface area contributed by atoms with Gasteiger partial charge >= 0.3 is 6.09 Å². The highest BCUT2D eigenvalue weighted by atomic mass is 32.2. The van der Waals surface area contributed by atoms with E-state index in [1.807, 2.05) is 0 Å². The Bertz CT molecular complexity index is 832. The first-order valence-corrected chi connectivity index (χ1v) is 10.1. The Balaban J connectivity index is 1.68. The van der Waals surface area contributed by atoms with Crippen LogP contribution in [0.3, 0.4) is 0 Å². The third-order valence-electron chi connectivity index (χ3n) is 4.44. The van der Waals surface area contributed by atoms with Crippen LogP contribution in [0.2, 0.25) is 0 Å². The Morgan fingerprint density at radius 2 is 2.00 bits per heavy atom. The molecule has 1 amide bonds. The second-order valence-corrected chi connectivity index (χ2v) is 7.74. The zero-order valence-corrected chi connectivity index (χ0v) is 16.0. The van der Waals surface area contributed by atoms with Crippen molar-refractivity contribution in [2.75, 3.05) is 19.3 Å². The van der Waals surface area contributed by atoms with Crippen molar-refractivity contribution >= 4 is 17.3 Å². The molecule has 0 aliphatic carbocycles. The van der Waals surface area contributed by atoms with Crippen LogP contribution in [-0.2, 0) is 15.9 Å². The van der Waals surface area contributed by atoms with E-state index in [4.69, 9.17) is 14.4 Å². The van der Waals surface area contributed by atoms with Crippen molar-refractivity contribution in [3.63, 3.8) is 0 Å². The van der Waals surface area contributed by atoms with E-state index in [9.17, 15) is 18.1 Å². The van der Waals surface area contributed by atoms with Gasteiger partial charge in [0.2, 0.25) is 10.7 Å². The van der Waals surface area contributed by atoms with E-state index in [2.05, 4.69) is 10.1 Å². The van der Waals surface area contributed by atoms with Gasteiger partial charge in [-0.3, -0.25) is 0 Å². The van der Waals surface area contributed by atoms with Crippen LogP contribution in [0.15, 0.2) is 21.6 Å². The smallest absolute Gasteiger partial charge is 0.407 e. The number of amides is 1. The Kier molecular flexibility index (Phi) is 6.16. The summed E-state index contributed by atoms with van der Waals surface area (Å²) in [6, 6.07) is 2.00.